The molecule has 0 saturated carbocycles. The highest BCUT2D eigenvalue weighted by molar-refractivity contribution is 4.37. The summed E-state index contributed by atoms with van der Waals surface area (Å²) < 4.78 is 9.89. The molecule has 1 rings (SSSR count). The Balaban J connectivity index is -0.000000116. The van der Waals surface area contributed by atoms with Crippen LogP contribution < -0.4 is 6.15 Å². The van der Waals surface area contributed by atoms with Gasteiger partial charge in [0.15, 0.2) is 0 Å². The Bertz CT molecular complexity index is 38.3. The van der Waals surface area contributed by atoms with E-state index in [-0.39, 0.29) is 18.2 Å². The normalized spacial score (nSPS) is 14.7. The zero-order valence-electron chi connectivity index (χ0n) is 7.25. The quantitative estimate of drug-likeness (QED) is 0.541. The zero-order chi connectivity index (χ0) is 6.95. The van der Waals surface area contributed by atoms with Crippen LogP contribution in [0, 0.1) is 0 Å². The Kier molecular flexibility index (Phi) is 25.4. The second kappa shape index (κ2) is 16.4. The average molecular weight is 169 g/mol. The molecule has 0 unspecified atom stereocenters. The summed E-state index contributed by atoms with van der Waals surface area (Å²) in [5, 5.41) is 7.57. The molecule has 1 aliphatic rings. The second-order valence-electron chi connectivity index (χ2n) is 1.54. The standard InChI is InChI=1S/C4H8O2.C2H6O.H3N.H2O/c1-2-6-4-3-5-1;1-2-3;;/h1-4H2;3H,2H2,1H3;1H3;1H2. The first-order valence-corrected chi connectivity index (χ1v) is 3.18. The zero-order valence-corrected chi connectivity index (χ0v) is 7.25. The minimum atomic E-state index is 0. The summed E-state index contributed by atoms with van der Waals surface area (Å²) in [5.74, 6) is 0. The lowest BCUT2D eigenvalue weighted by atomic mass is 10.6. The van der Waals surface area contributed by atoms with Gasteiger partial charge in [0.1, 0.15) is 0 Å². The van der Waals surface area contributed by atoms with Crippen molar-refractivity contribution in [2.45, 2.75) is 6.92 Å². The molecule has 11 heavy (non-hydrogen) atoms. The number of aliphatic hydroxyl groups excluding tert-OH is 1. The van der Waals surface area contributed by atoms with Crippen molar-refractivity contribution in [3.05, 3.63) is 0 Å². The molecule has 0 radical (unpaired) electrons. The van der Waals surface area contributed by atoms with Gasteiger partial charge in [0.2, 0.25) is 0 Å². The predicted molar refractivity (Wildman–Crippen MR) is 42.3 cm³/mol. The maximum absolute atomic E-state index is 7.57. The van der Waals surface area contributed by atoms with Gasteiger partial charge in [-0.15, -0.1) is 0 Å². The minimum Gasteiger partial charge on any atom is -0.870 e. The number of hydrogen-bond donors (Lipinski definition) is 2. The van der Waals surface area contributed by atoms with Crippen molar-refractivity contribution in [2.24, 2.45) is 0 Å². The molecule has 0 aromatic rings. The molecule has 5 heteroatoms. The minimum absolute atomic E-state index is 0. The molecule has 1 aliphatic heterocycles. The fourth-order valence-corrected chi connectivity index (χ4v) is 0.440. The average Bonchev–Trinajstić information content (AvgIpc) is 1.93. The number of aliphatic hydroxyl groups is 1. The maximum Gasteiger partial charge on any atom is 0.0701 e. The summed E-state index contributed by atoms with van der Waals surface area (Å²) in [6, 6.07) is 0. The van der Waals surface area contributed by atoms with Gasteiger partial charge in [0.25, 0.3) is 0 Å². The molecule has 0 aromatic heterocycles. The predicted octanol–water partition coefficient (Wildman–Crippen LogP) is 0.231. The van der Waals surface area contributed by atoms with E-state index in [1.807, 2.05) is 0 Å². The van der Waals surface area contributed by atoms with E-state index in [1.54, 1.807) is 6.92 Å². The molecule has 6 N–H and O–H groups in total. The van der Waals surface area contributed by atoms with Crippen molar-refractivity contribution >= 4 is 0 Å². The second-order valence-corrected chi connectivity index (χ2v) is 1.54. The first-order valence-electron chi connectivity index (χ1n) is 3.18. The third kappa shape index (κ3) is 17.7. The van der Waals surface area contributed by atoms with E-state index in [2.05, 4.69) is 0 Å². The van der Waals surface area contributed by atoms with Gasteiger partial charge in [-0.25, -0.2) is 0 Å². The van der Waals surface area contributed by atoms with E-state index in [0.29, 0.717) is 0 Å². The van der Waals surface area contributed by atoms with Crippen molar-refractivity contribution in [3.63, 3.8) is 0 Å². The highest BCUT2D eigenvalue weighted by atomic mass is 16.6. The van der Waals surface area contributed by atoms with Crippen LogP contribution in [0.1, 0.15) is 6.92 Å². The Morgan fingerprint density at radius 3 is 1.36 bits per heavy atom. The molecule has 72 valence electrons. The molecule has 5 nitrogen and oxygen atoms in total. The van der Waals surface area contributed by atoms with Gasteiger partial charge >= 0.3 is 0 Å². The van der Waals surface area contributed by atoms with Crippen LogP contribution in [0.3, 0.4) is 0 Å². The summed E-state index contributed by atoms with van der Waals surface area (Å²) in [7, 11) is 0. The maximum atomic E-state index is 7.57. The molecule has 0 aliphatic carbocycles. The van der Waals surface area contributed by atoms with Crippen molar-refractivity contribution in [1.82, 2.24) is 6.15 Å². The topological polar surface area (TPSA) is 105 Å². The number of hydrogen-bond acceptors (Lipinski definition) is 4. The largest absolute Gasteiger partial charge is 0.870 e. The van der Waals surface area contributed by atoms with Crippen LogP contribution in [0.5, 0.6) is 0 Å². The van der Waals surface area contributed by atoms with Crippen LogP contribution in [-0.2, 0) is 9.47 Å². The van der Waals surface area contributed by atoms with E-state index in [9.17, 15) is 0 Å². The number of quaternary nitrogens is 1. The lowest BCUT2D eigenvalue weighted by Crippen LogP contribution is -2.16. The molecule has 0 spiro atoms. The molecule has 0 amide bonds. The van der Waals surface area contributed by atoms with Crippen LogP contribution in [0.4, 0.5) is 0 Å². The summed E-state index contributed by atoms with van der Waals surface area (Å²) in [6.45, 7) is 5.04. The molecule has 0 bridgehead atoms. The first-order chi connectivity index (χ1) is 4.41. The van der Waals surface area contributed by atoms with Gasteiger partial charge in [-0.1, -0.05) is 0 Å². The molecule has 0 atom stereocenters. The van der Waals surface area contributed by atoms with Crippen molar-refractivity contribution < 1.29 is 20.1 Å². The highest BCUT2D eigenvalue weighted by Gasteiger charge is 1.94. The van der Waals surface area contributed by atoms with Gasteiger partial charge in [-0.2, -0.15) is 0 Å². The molecule has 1 heterocycles. The Hall–Kier alpha value is -0.200. The third-order valence-electron chi connectivity index (χ3n) is 0.744. The highest BCUT2D eigenvalue weighted by Crippen LogP contribution is 1.85. The van der Waals surface area contributed by atoms with E-state index in [1.165, 1.54) is 0 Å². The molecule has 1 saturated heterocycles. The molecular weight excluding hydrogens is 150 g/mol. The van der Waals surface area contributed by atoms with Gasteiger partial charge in [0.05, 0.1) is 26.4 Å². The fraction of sp³-hybridized carbons (Fsp3) is 1.00. The molecule has 0 aromatic carbocycles. The molecular formula is C6H19NO4. The van der Waals surface area contributed by atoms with E-state index in [0.717, 1.165) is 26.4 Å². The van der Waals surface area contributed by atoms with Crippen LogP contribution in [0.25, 0.3) is 0 Å². The van der Waals surface area contributed by atoms with E-state index < -0.39 is 0 Å². The summed E-state index contributed by atoms with van der Waals surface area (Å²) >= 11 is 0. The van der Waals surface area contributed by atoms with E-state index in [4.69, 9.17) is 14.6 Å². The van der Waals surface area contributed by atoms with Crippen molar-refractivity contribution in [2.75, 3.05) is 33.0 Å². The molecule has 1 fully saturated rings. The van der Waals surface area contributed by atoms with Gasteiger partial charge in [-0.3, -0.25) is 0 Å². The van der Waals surface area contributed by atoms with Crippen LogP contribution in [-0.4, -0.2) is 43.6 Å². The van der Waals surface area contributed by atoms with Gasteiger partial charge in [-0.05, 0) is 6.92 Å². The summed E-state index contributed by atoms with van der Waals surface area (Å²) in [5.41, 5.74) is 0. The van der Waals surface area contributed by atoms with Crippen molar-refractivity contribution in [1.29, 1.82) is 0 Å². The Labute approximate surface area is 67.2 Å². The Morgan fingerprint density at radius 1 is 1.09 bits per heavy atom. The number of rotatable bonds is 0. The third-order valence-corrected chi connectivity index (χ3v) is 0.744. The van der Waals surface area contributed by atoms with Crippen molar-refractivity contribution in [3.8, 4) is 0 Å². The Morgan fingerprint density at radius 2 is 1.27 bits per heavy atom. The number of ether oxygens (including phenoxy) is 2. The van der Waals surface area contributed by atoms with Gasteiger partial charge in [0, 0.05) is 6.61 Å². The smallest absolute Gasteiger partial charge is 0.0701 e. The monoisotopic (exact) mass is 169 g/mol. The van der Waals surface area contributed by atoms with Crippen LogP contribution in [0.15, 0.2) is 0 Å². The van der Waals surface area contributed by atoms with Gasteiger partial charge < -0.3 is 26.2 Å². The fourth-order valence-electron chi connectivity index (χ4n) is 0.440. The first kappa shape index (κ1) is 17.0. The lowest BCUT2D eigenvalue weighted by molar-refractivity contribution is -0.0334. The SMILES string of the molecule is C1COCCO1.CCO.[NH4+].[OH-]. The lowest BCUT2D eigenvalue weighted by Gasteiger charge is -2.09. The summed E-state index contributed by atoms with van der Waals surface area (Å²) in [4.78, 5) is 0. The van der Waals surface area contributed by atoms with Crippen LogP contribution >= 0.6 is 0 Å². The summed E-state index contributed by atoms with van der Waals surface area (Å²) in [6.07, 6.45) is 0. The van der Waals surface area contributed by atoms with E-state index >= 15 is 0 Å². The van der Waals surface area contributed by atoms with Crippen LogP contribution in [0.2, 0.25) is 0 Å².